The maximum atomic E-state index is 13.1. The Kier molecular flexibility index (Phi) is 5.23. The molecule has 0 N–H and O–H groups in total. The van der Waals surface area contributed by atoms with E-state index in [9.17, 15) is 9.18 Å². The molecule has 1 fully saturated rings. The minimum absolute atomic E-state index is 0.149. The molecular weight excluding hydrogens is 329 g/mol. The van der Waals surface area contributed by atoms with E-state index in [1.807, 2.05) is 5.38 Å². The summed E-state index contributed by atoms with van der Waals surface area (Å²) in [5.41, 5.74) is 1.55. The van der Waals surface area contributed by atoms with Crippen LogP contribution in [0, 0.1) is 5.82 Å². The molecule has 2 aromatic rings. The largest absolute Gasteiger partial charge is 0.383 e. The van der Waals surface area contributed by atoms with Crippen molar-refractivity contribution in [2.24, 2.45) is 0 Å². The molecule has 5 nitrogen and oxygen atoms in total. The van der Waals surface area contributed by atoms with Gasteiger partial charge in [0.2, 0.25) is 5.91 Å². The second-order valence-electron chi connectivity index (χ2n) is 5.82. The molecule has 0 spiro atoms. The van der Waals surface area contributed by atoms with Gasteiger partial charge in [0.15, 0.2) is 5.13 Å². The van der Waals surface area contributed by atoms with Gasteiger partial charge in [0, 0.05) is 38.5 Å². The Hall–Kier alpha value is -1.83. The van der Waals surface area contributed by atoms with Gasteiger partial charge in [-0.15, -0.1) is 11.3 Å². The lowest BCUT2D eigenvalue weighted by Crippen LogP contribution is -2.49. The monoisotopic (exact) mass is 349 g/mol. The average Bonchev–Trinajstić information content (AvgIpc) is 2.99. The fourth-order valence-corrected chi connectivity index (χ4v) is 3.66. The highest BCUT2D eigenvalue weighted by Gasteiger charge is 2.28. The predicted molar refractivity (Wildman–Crippen MR) is 92.0 cm³/mol. The van der Waals surface area contributed by atoms with E-state index in [0.717, 1.165) is 31.8 Å². The van der Waals surface area contributed by atoms with Crippen LogP contribution in [0.25, 0.3) is 0 Å². The van der Waals surface area contributed by atoms with Gasteiger partial charge in [0.05, 0.1) is 18.0 Å². The SMILES string of the molecule is COCC1CCN1Cc1csc(N(C(C)=O)c2ccc(F)cc2)n1. The van der Waals surface area contributed by atoms with Gasteiger partial charge in [-0.05, 0) is 30.7 Å². The summed E-state index contributed by atoms with van der Waals surface area (Å²) in [6.45, 7) is 4.00. The highest BCUT2D eigenvalue weighted by Crippen LogP contribution is 2.30. The maximum absolute atomic E-state index is 13.1. The van der Waals surface area contributed by atoms with E-state index in [2.05, 4.69) is 9.88 Å². The second kappa shape index (κ2) is 7.38. The number of carbonyl (C=O) groups is 1. The van der Waals surface area contributed by atoms with Crippen LogP contribution in [0.2, 0.25) is 0 Å². The summed E-state index contributed by atoms with van der Waals surface area (Å²) in [6.07, 6.45) is 1.14. The Bertz CT molecular complexity index is 704. The van der Waals surface area contributed by atoms with E-state index < -0.39 is 0 Å². The summed E-state index contributed by atoms with van der Waals surface area (Å²) >= 11 is 1.42. The zero-order chi connectivity index (χ0) is 17.1. The van der Waals surface area contributed by atoms with E-state index in [1.54, 1.807) is 19.2 Å². The van der Waals surface area contributed by atoms with Crippen LogP contribution in [0.3, 0.4) is 0 Å². The number of carbonyl (C=O) groups excluding carboxylic acids is 1. The van der Waals surface area contributed by atoms with Gasteiger partial charge in [-0.2, -0.15) is 0 Å². The van der Waals surface area contributed by atoms with E-state index in [1.165, 1.54) is 35.3 Å². The Morgan fingerprint density at radius 2 is 2.21 bits per heavy atom. The van der Waals surface area contributed by atoms with Gasteiger partial charge >= 0.3 is 0 Å². The number of rotatable bonds is 6. The third-order valence-corrected chi connectivity index (χ3v) is 5.00. The molecule has 24 heavy (non-hydrogen) atoms. The predicted octanol–water partition coefficient (Wildman–Crippen LogP) is 3.19. The topological polar surface area (TPSA) is 45.7 Å². The van der Waals surface area contributed by atoms with E-state index in [4.69, 9.17) is 4.74 Å². The lowest BCUT2D eigenvalue weighted by molar-refractivity contribution is -0.115. The van der Waals surface area contributed by atoms with Crippen molar-refractivity contribution in [2.45, 2.75) is 25.9 Å². The molecule has 1 aliphatic heterocycles. The smallest absolute Gasteiger partial charge is 0.230 e. The normalized spacial score (nSPS) is 17.5. The zero-order valence-corrected chi connectivity index (χ0v) is 14.6. The fourth-order valence-electron chi connectivity index (χ4n) is 2.78. The molecule has 1 aromatic carbocycles. The van der Waals surface area contributed by atoms with Crippen LogP contribution < -0.4 is 4.90 Å². The van der Waals surface area contributed by atoms with Crippen molar-refractivity contribution in [3.63, 3.8) is 0 Å². The number of hydrogen-bond acceptors (Lipinski definition) is 5. The van der Waals surface area contributed by atoms with Crippen LogP contribution >= 0.6 is 11.3 Å². The molecule has 1 saturated heterocycles. The van der Waals surface area contributed by atoms with Crippen LogP contribution in [-0.4, -0.2) is 42.1 Å². The van der Waals surface area contributed by atoms with E-state index in [0.29, 0.717) is 16.9 Å². The van der Waals surface area contributed by atoms with Gasteiger partial charge in [-0.25, -0.2) is 9.37 Å². The number of anilines is 2. The summed E-state index contributed by atoms with van der Waals surface area (Å²) < 4.78 is 18.3. The van der Waals surface area contributed by atoms with Crippen LogP contribution in [0.1, 0.15) is 19.0 Å². The number of halogens is 1. The van der Waals surface area contributed by atoms with Gasteiger partial charge < -0.3 is 4.74 Å². The molecule has 1 atom stereocenters. The number of ether oxygens (including phenoxy) is 1. The number of benzene rings is 1. The standard InChI is InChI=1S/C17H20FN3O2S/c1-12(22)21(15-5-3-13(18)4-6-15)17-19-14(11-24-17)9-20-8-7-16(20)10-23-2/h3-6,11,16H,7-10H2,1-2H3. The Balaban J connectivity index is 1.75. The lowest BCUT2D eigenvalue weighted by Gasteiger charge is -2.40. The van der Waals surface area contributed by atoms with Crippen molar-refractivity contribution < 1.29 is 13.9 Å². The number of methoxy groups -OCH3 is 1. The van der Waals surface area contributed by atoms with Crippen molar-refractivity contribution in [3.05, 3.63) is 41.2 Å². The Labute approximate surface area is 144 Å². The molecule has 0 bridgehead atoms. The van der Waals surface area contributed by atoms with Crippen LogP contribution in [0.15, 0.2) is 29.6 Å². The van der Waals surface area contributed by atoms with Gasteiger partial charge in [0.25, 0.3) is 0 Å². The Morgan fingerprint density at radius 3 is 2.79 bits per heavy atom. The highest BCUT2D eigenvalue weighted by molar-refractivity contribution is 7.14. The first-order valence-electron chi connectivity index (χ1n) is 7.82. The summed E-state index contributed by atoms with van der Waals surface area (Å²) in [7, 11) is 1.71. The van der Waals surface area contributed by atoms with Crippen molar-refractivity contribution >= 4 is 28.1 Å². The molecule has 1 unspecified atom stereocenters. The third kappa shape index (κ3) is 3.63. The number of likely N-dealkylation sites (tertiary alicyclic amines) is 1. The molecule has 0 radical (unpaired) electrons. The highest BCUT2D eigenvalue weighted by atomic mass is 32.1. The van der Waals surface area contributed by atoms with Crippen molar-refractivity contribution in [2.75, 3.05) is 25.2 Å². The maximum Gasteiger partial charge on any atom is 0.230 e. The zero-order valence-electron chi connectivity index (χ0n) is 13.7. The first-order chi connectivity index (χ1) is 11.6. The van der Waals surface area contributed by atoms with Gasteiger partial charge in [-0.3, -0.25) is 14.6 Å². The van der Waals surface area contributed by atoms with Gasteiger partial charge in [-0.1, -0.05) is 0 Å². The quantitative estimate of drug-likeness (QED) is 0.803. The van der Waals surface area contributed by atoms with Crippen molar-refractivity contribution in [1.82, 2.24) is 9.88 Å². The van der Waals surface area contributed by atoms with E-state index >= 15 is 0 Å². The molecule has 1 amide bonds. The molecule has 3 rings (SSSR count). The fraction of sp³-hybridized carbons (Fsp3) is 0.412. The minimum Gasteiger partial charge on any atom is -0.383 e. The average molecular weight is 349 g/mol. The molecule has 0 saturated carbocycles. The van der Waals surface area contributed by atoms with Crippen LogP contribution in [-0.2, 0) is 16.1 Å². The number of thiazole rings is 1. The molecule has 1 aromatic heterocycles. The molecular formula is C17H20FN3O2S. The lowest BCUT2D eigenvalue weighted by atomic mass is 10.0. The number of hydrogen-bond donors (Lipinski definition) is 0. The Morgan fingerprint density at radius 1 is 1.46 bits per heavy atom. The number of amides is 1. The van der Waals surface area contributed by atoms with Crippen LogP contribution in [0.4, 0.5) is 15.2 Å². The third-order valence-electron chi connectivity index (χ3n) is 4.12. The van der Waals surface area contributed by atoms with Gasteiger partial charge in [0.1, 0.15) is 5.82 Å². The van der Waals surface area contributed by atoms with E-state index in [-0.39, 0.29) is 11.7 Å². The summed E-state index contributed by atoms with van der Waals surface area (Å²) in [6, 6.07) is 6.30. The van der Waals surface area contributed by atoms with Crippen LogP contribution in [0.5, 0.6) is 0 Å². The first-order valence-corrected chi connectivity index (χ1v) is 8.70. The molecule has 128 valence electrons. The van der Waals surface area contributed by atoms with Crippen molar-refractivity contribution in [3.8, 4) is 0 Å². The van der Waals surface area contributed by atoms with Crippen molar-refractivity contribution in [1.29, 1.82) is 0 Å². The molecule has 2 heterocycles. The summed E-state index contributed by atoms with van der Waals surface area (Å²) in [5, 5.41) is 2.57. The molecule has 7 heteroatoms. The first kappa shape index (κ1) is 17.0. The second-order valence-corrected chi connectivity index (χ2v) is 6.66. The molecule has 1 aliphatic rings. The number of nitrogens with zero attached hydrogens (tertiary/aromatic N) is 3. The summed E-state index contributed by atoms with van der Waals surface area (Å²) in [5.74, 6) is -0.479. The minimum atomic E-state index is -0.330. The number of aromatic nitrogens is 1. The molecule has 0 aliphatic carbocycles. The summed E-state index contributed by atoms with van der Waals surface area (Å²) in [4.78, 5) is 20.5.